The van der Waals surface area contributed by atoms with Crippen molar-refractivity contribution in [2.75, 3.05) is 6.26 Å². The van der Waals surface area contributed by atoms with E-state index in [9.17, 15) is 0 Å². The third kappa shape index (κ3) is 2.45. The molecule has 0 fully saturated rings. The fraction of sp³-hybridized carbons (Fsp3) is 0.214. The quantitative estimate of drug-likeness (QED) is 0.719. The highest BCUT2D eigenvalue weighted by Crippen LogP contribution is 2.24. The Bertz CT molecular complexity index is 506. The Kier molecular flexibility index (Phi) is 3.30. The maximum atomic E-state index is 4.58. The van der Waals surface area contributed by atoms with Crippen LogP contribution in [0.3, 0.4) is 0 Å². The number of hydrogen-bond donors (Lipinski definition) is 0. The SMILES string of the molecule is CSc1cc(C)nc(-c2cccc(C)c2)c1. The predicted molar refractivity (Wildman–Crippen MR) is 70.9 cm³/mol. The Labute approximate surface area is 101 Å². The highest BCUT2D eigenvalue weighted by Gasteiger charge is 2.02. The Morgan fingerprint density at radius 1 is 1.06 bits per heavy atom. The molecule has 0 amide bonds. The van der Waals surface area contributed by atoms with Crippen molar-refractivity contribution in [1.82, 2.24) is 4.98 Å². The molecule has 0 atom stereocenters. The molecule has 1 nitrogen and oxygen atoms in total. The van der Waals surface area contributed by atoms with Gasteiger partial charge < -0.3 is 0 Å². The van der Waals surface area contributed by atoms with Crippen molar-refractivity contribution in [2.24, 2.45) is 0 Å². The summed E-state index contributed by atoms with van der Waals surface area (Å²) in [5, 5.41) is 0. The first kappa shape index (κ1) is 11.2. The van der Waals surface area contributed by atoms with Gasteiger partial charge in [-0.15, -0.1) is 11.8 Å². The summed E-state index contributed by atoms with van der Waals surface area (Å²) >= 11 is 1.76. The summed E-state index contributed by atoms with van der Waals surface area (Å²) in [6.45, 7) is 4.15. The molecule has 82 valence electrons. The zero-order valence-electron chi connectivity index (χ0n) is 9.82. The minimum Gasteiger partial charge on any atom is -0.253 e. The van der Waals surface area contributed by atoms with E-state index < -0.39 is 0 Å². The molecule has 16 heavy (non-hydrogen) atoms. The fourth-order valence-corrected chi connectivity index (χ4v) is 2.22. The molecule has 2 rings (SSSR count). The lowest BCUT2D eigenvalue weighted by molar-refractivity contribution is 1.16. The standard InChI is InChI=1S/C14H15NS/c1-10-5-4-6-12(7-10)14-9-13(16-3)8-11(2)15-14/h4-9H,1-3H3. The molecule has 2 heteroatoms. The largest absolute Gasteiger partial charge is 0.253 e. The molecule has 0 radical (unpaired) electrons. The summed E-state index contributed by atoms with van der Waals surface area (Å²) in [6.07, 6.45) is 2.09. The Hall–Kier alpha value is -1.28. The first-order valence-electron chi connectivity index (χ1n) is 5.29. The van der Waals surface area contributed by atoms with Crippen molar-refractivity contribution in [3.05, 3.63) is 47.7 Å². The zero-order chi connectivity index (χ0) is 11.5. The summed E-state index contributed by atoms with van der Waals surface area (Å²) in [5.41, 5.74) is 4.60. The highest BCUT2D eigenvalue weighted by molar-refractivity contribution is 7.98. The van der Waals surface area contributed by atoms with E-state index in [1.807, 2.05) is 6.92 Å². The van der Waals surface area contributed by atoms with Crippen LogP contribution in [0.1, 0.15) is 11.3 Å². The Morgan fingerprint density at radius 2 is 1.88 bits per heavy atom. The topological polar surface area (TPSA) is 12.9 Å². The van der Waals surface area contributed by atoms with Crippen molar-refractivity contribution in [1.29, 1.82) is 0 Å². The number of benzene rings is 1. The number of nitrogens with zero attached hydrogens (tertiary/aromatic N) is 1. The number of thioether (sulfide) groups is 1. The van der Waals surface area contributed by atoms with Crippen LogP contribution < -0.4 is 0 Å². The van der Waals surface area contributed by atoms with Crippen molar-refractivity contribution in [2.45, 2.75) is 18.7 Å². The first-order chi connectivity index (χ1) is 7.69. The molecular formula is C14H15NS. The molecule has 2 aromatic rings. The maximum Gasteiger partial charge on any atom is 0.0716 e. The summed E-state index contributed by atoms with van der Waals surface area (Å²) in [7, 11) is 0. The van der Waals surface area contributed by atoms with Gasteiger partial charge in [0.2, 0.25) is 0 Å². The van der Waals surface area contributed by atoms with Crippen LogP contribution in [-0.2, 0) is 0 Å². The molecule has 1 aromatic heterocycles. The summed E-state index contributed by atoms with van der Waals surface area (Å²) in [6, 6.07) is 12.7. The minimum atomic E-state index is 1.06. The molecule has 0 aliphatic heterocycles. The second-order valence-corrected chi connectivity index (χ2v) is 4.78. The van der Waals surface area contributed by atoms with E-state index in [1.165, 1.54) is 16.0 Å². The van der Waals surface area contributed by atoms with E-state index in [-0.39, 0.29) is 0 Å². The number of rotatable bonds is 2. The van der Waals surface area contributed by atoms with Gasteiger partial charge in [-0.3, -0.25) is 4.98 Å². The molecule has 0 saturated carbocycles. The van der Waals surface area contributed by atoms with Gasteiger partial charge in [-0.25, -0.2) is 0 Å². The van der Waals surface area contributed by atoms with Crippen LogP contribution >= 0.6 is 11.8 Å². The van der Waals surface area contributed by atoms with Gasteiger partial charge in [0.15, 0.2) is 0 Å². The average molecular weight is 229 g/mol. The van der Waals surface area contributed by atoms with Crippen LogP contribution in [0.25, 0.3) is 11.3 Å². The Morgan fingerprint density at radius 3 is 2.56 bits per heavy atom. The van der Waals surface area contributed by atoms with Gasteiger partial charge in [0.1, 0.15) is 0 Å². The third-order valence-electron chi connectivity index (χ3n) is 2.48. The predicted octanol–water partition coefficient (Wildman–Crippen LogP) is 4.09. The van der Waals surface area contributed by atoms with Gasteiger partial charge in [-0.1, -0.05) is 23.8 Å². The van der Waals surface area contributed by atoms with Crippen LogP contribution in [0.5, 0.6) is 0 Å². The second kappa shape index (κ2) is 4.71. The molecule has 0 bridgehead atoms. The average Bonchev–Trinajstić information content (AvgIpc) is 2.28. The van der Waals surface area contributed by atoms with Gasteiger partial charge in [-0.05, 0) is 38.3 Å². The normalized spacial score (nSPS) is 10.4. The highest BCUT2D eigenvalue weighted by atomic mass is 32.2. The van der Waals surface area contributed by atoms with E-state index >= 15 is 0 Å². The van der Waals surface area contributed by atoms with Crippen LogP contribution in [-0.4, -0.2) is 11.2 Å². The number of pyridine rings is 1. The molecular weight excluding hydrogens is 214 g/mol. The number of aromatic nitrogens is 1. The monoisotopic (exact) mass is 229 g/mol. The lowest BCUT2D eigenvalue weighted by atomic mass is 10.1. The van der Waals surface area contributed by atoms with E-state index in [1.54, 1.807) is 11.8 Å². The van der Waals surface area contributed by atoms with Crippen molar-refractivity contribution >= 4 is 11.8 Å². The molecule has 1 heterocycles. The number of aryl methyl sites for hydroxylation is 2. The van der Waals surface area contributed by atoms with Crippen LogP contribution in [0.15, 0.2) is 41.3 Å². The minimum absolute atomic E-state index is 1.06. The summed E-state index contributed by atoms with van der Waals surface area (Å²) in [4.78, 5) is 5.85. The third-order valence-corrected chi connectivity index (χ3v) is 3.18. The van der Waals surface area contributed by atoms with Crippen LogP contribution in [0, 0.1) is 13.8 Å². The van der Waals surface area contributed by atoms with Gasteiger partial charge in [0.05, 0.1) is 5.69 Å². The van der Waals surface area contributed by atoms with Gasteiger partial charge in [0.25, 0.3) is 0 Å². The Balaban J connectivity index is 2.51. The molecule has 0 spiro atoms. The molecule has 0 aliphatic carbocycles. The molecule has 0 saturated heterocycles. The first-order valence-corrected chi connectivity index (χ1v) is 6.51. The smallest absolute Gasteiger partial charge is 0.0716 e. The second-order valence-electron chi connectivity index (χ2n) is 3.90. The van der Waals surface area contributed by atoms with Crippen LogP contribution in [0.2, 0.25) is 0 Å². The van der Waals surface area contributed by atoms with E-state index in [0.29, 0.717) is 0 Å². The fourth-order valence-electron chi connectivity index (χ4n) is 1.71. The summed E-state index contributed by atoms with van der Waals surface area (Å²) < 4.78 is 0. The van der Waals surface area contributed by atoms with E-state index in [4.69, 9.17) is 0 Å². The van der Waals surface area contributed by atoms with Crippen molar-refractivity contribution in [3.8, 4) is 11.3 Å². The molecule has 1 aromatic carbocycles. The number of hydrogen-bond acceptors (Lipinski definition) is 2. The zero-order valence-corrected chi connectivity index (χ0v) is 10.6. The van der Waals surface area contributed by atoms with Gasteiger partial charge in [0, 0.05) is 16.2 Å². The lowest BCUT2D eigenvalue weighted by Crippen LogP contribution is -1.88. The lowest BCUT2D eigenvalue weighted by Gasteiger charge is -2.06. The van der Waals surface area contributed by atoms with Crippen molar-refractivity contribution < 1.29 is 0 Å². The maximum absolute atomic E-state index is 4.58. The molecule has 0 aliphatic rings. The molecule has 0 unspecified atom stereocenters. The van der Waals surface area contributed by atoms with E-state index in [0.717, 1.165) is 11.4 Å². The van der Waals surface area contributed by atoms with E-state index in [2.05, 4.69) is 54.6 Å². The summed E-state index contributed by atoms with van der Waals surface area (Å²) in [5.74, 6) is 0. The molecule has 0 N–H and O–H groups in total. The van der Waals surface area contributed by atoms with Gasteiger partial charge >= 0.3 is 0 Å². The van der Waals surface area contributed by atoms with Crippen molar-refractivity contribution in [3.63, 3.8) is 0 Å². The van der Waals surface area contributed by atoms with Gasteiger partial charge in [-0.2, -0.15) is 0 Å². The van der Waals surface area contributed by atoms with Crippen LogP contribution in [0.4, 0.5) is 0 Å².